The maximum Gasteiger partial charge on any atom is 0.0645 e. The lowest BCUT2D eigenvalue weighted by Crippen LogP contribution is -2.01. The molecule has 3 nitrogen and oxygen atoms in total. The van der Waals surface area contributed by atoms with Crippen LogP contribution in [0.2, 0.25) is 0 Å². The molecule has 0 fully saturated rings. The Bertz CT molecular complexity index is 296. The first-order valence-corrected chi connectivity index (χ1v) is 5.13. The minimum absolute atomic E-state index is 0.133. The number of aliphatic hydroxyl groups excluding tert-OH is 1. The van der Waals surface area contributed by atoms with E-state index < -0.39 is 0 Å². The standard InChI is InChI=1S/C11H18N2O/c1-3-7-13-11(5-6-12-13)8-10(4-2)9-14/h5-6,8,14H,3-4,7,9H2,1-2H3/b10-8-. The molecular weight excluding hydrogens is 176 g/mol. The first kappa shape index (κ1) is 11.0. The fraction of sp³-hybridized carbons (Fsp3) is 0.545. The second-order valence-corrected chi connectivity index (χ2v) is 3.29. The molecule has 0 unspecified atom stereocenters. The zero-order chi connectivity index (χ0) is 10.4. The van der Waals surface area contributed by atoms with E-state index in [0.29, 0.717) is 0 Å². The van der Waals surface area contributed by atoms with Crippen LogP contribution in [0.15, 0.2) is 17.8 Å². The summed E-state index contributed by atoms with van der Waals surface area (Å²) in [7, 11) is 0. The summed E-state index contributed by atoms with van der Waals surface area (Å²) < 4.78 is 1.96. The van der Waals surface area contributed by atoms with Gasteiger partial charge in [0.1, 0.15) is 0 Å². The number of rotatable bonds is 5. The van der Waals surface area contributed by atoms with Crippen LogP contribution < -0.4 is 0 Å². The number of hydrogen-bond acceptors (Lipinski definition) is 2. The van der Waals surface area contributed by atoms with Gasteiger partial charge in [-0.2, -0.15) is 5.10 Å². The summed E-state index contributed by atoms with van der Waals surface area (Å²) in [4.78, 5) is 0. The molecule has 1 heterocycles. The van der Waals surface area contributed by atoms with E-state index in [-0.39, 0.29) is 6.61 Å². The van der Waals surface area contributed by atoms with E-state index in [1.165, 1.54) is 0 Å². The maximum atomic E-state index is 9.05. The van der Waals surface area contributed by atoms with Crippen molar-refractivity contribution >= 4 is 6.08 Å². The van der Waals surface area contributed by atoms with Crippen LogP contribution in [0.25, 0.3) is 6.08 Å². The van der Waals surface area contributed by atoms with Crippen molar-refractivity contribution in [3.63, 3.8) is 0 Å². The molecule has 0 aromatic carbocycles. The molecule has 1 aromatic rings. The third-order valence-corrected chi connectivity index (χ3v) is 2.19. The average Bonchev–Trinajstić information content (AvgIpc) is 2.62. The van der Waals surface area contributed by atoms with Gasteiger partial charge in [-0.1, -0.05) is 13.8 Å². The predicted octanol–water partition coefficient (Wildman–Crippen LogP) is 2.08. The number of aryl methyl sites for hydroxylation is 1. The van der Waals surface area contributed by atoms with Crippen LogP contribution in [0, 0.1) is 0 Å². The van der Waals surface area contributed by atoms with Gasteiger partial charge in [0.2, 0.25) is 0 Å². The highest BCUT2D eigenvalue weighted by atomic mass is 16.3. The molecule has 1 N–H and O–H groups in total. The number of aliphatic hydroxyl groups is 1. The summed E-state index contributed by atoms with van der Waals surface area (Å²) in [6.07, 6.45) is 5.77. The Hall–Kier alpha value is -1.09. The predicted molar refractivity (Wildman–Crippen MR) is 57.9 cm³/mol. The van der Waals surface area contributed by atoms with Gasteiger partial charge in [0.05, 0.1) is 12.3 Å². The van der Waals surface area contributed by atoms with Gasteiger partial charge in [-0.25, -0.2) is 0 Å². The lowest BCUT2D eigenvalue weighted by Gasteiger charge is -2.03. The maximum absolute atomic E-state index is 9.05. The first-order chi connectivity index (χ1) is 6.81. The van der Waals surface area contributed by atoms with E-state index in [2.05, 4.69) is 12.0 Å². The number of nitrogens with zero attached hydrogens (tertiary/aromatic N) is 2. The van der Waals surface area contributed by atoms with Gasteiger partial charge in [0.15, 0.2) is 0 Å². The quantitative estimate of drug-likeness (QED) is 0.779. The second kappa shape index (κ2) is 5.60. The topological polar surface area (TPSA) is 38.0 Å². The van der Waals surface area contributed by atoms with E-state index in [4.69, 9.17) is 5.11 Å². The molecule has 1 rings (SSSR count). The van der Waals surface area contributed by atoms with Gasteiger partial charge in [0, 0.05) is 12.7 Å². The normalized spacial score (nSPS) is 12.1. The largest absolute Gasteiger partial charge is 0.392 e. The number of aromatic nitrogens is 2. The van der Waals surface area contributed by atoms with Crippen molar-refractivity contribution in [3.05, 3.63) is 23.5 Å². The van der Waals surface area contributed by atoms with Gasteiger partial charge in [0.25, 0.3) is 0 Å². The minimum Gasteiger partial charge on any atom is -0.392 e. The highest BCUT2D eigenvalue weighted by Crippen LogP contribution is 2.09. The highest BCUT2D eigenvalue weighted by Gasteiger charge is 1.99. The van der Waals surface area contributed by atoms with Crippen LogP contribution in [0.1, 0.15) is 32.4 Å². The lowest BCUT2D eigenvalue weighted by atomic mass is 10.2. The third kappa shape index (κ3) is 2.70. The Morgan fingerprint density at radius 1 is 1.57 bits per heavy atom. The highest BCUT2D eigenvalue weighted by molar-refractivity contribution is 5.48. The third-order valence-electron chi connectivity index (χ3n) is 2.19. The summed E-state index contributed by atoms with van der Waals surface area (Å²) in [5.41, 5.74) is 2.13. The van der Waals surface area contributed by atoms with Gasteiger partial charge >= 0.3 is 0 Å². The second-order valence-electron chi connectivity index (χ2n) is 3.29. The average molecular weight is 194 g/mol. The van der Waals surface area contributed by atoms with Crippen LogP contribution in [-0.2, 0) is 6.54 Å². The molecule has 0 bridgehead atoms. The molecule has 0 aliphatic rings. The molecule has 0 saturated heterocycles. The molecule has 0 atom stereocenters. The number of hydrogen-bond donors (Lipinski definition) is 1. The van der Waals surface area contributed by atoms with Crippen molar-refractivity contribution in [1.29, 1.82) is 0 Å². The minimum atomic E-state index is 0.133. The Kier molecular flexibility index (Phi) is 4.40. The van der Waals surface area contributed by atoms with Gasteiger partial charge < -0.3 is 5.11 Å². The molecule has 1 aromatic heterocycles. The van der Waals surface area contributed by atoms with E-state index in [1.807, 2.05) is 23.7 Å². The van der Waals surface area contributed by atoms with Crippen molar-refractivity contribution in [3.8, 4) is 0 Å². The monoisotopic (exact) mass is 194 g/mol. The first-order valence-electron chi connectivity index (χ1n) is 5.13. The Labute approximate surface area is 85.1 Å². The molecule has 0 spiro atoms. The van der Waals surface area contributed by atoms with Crippen LogP contribution in [0.3, 0.4) is 0 Å². The van der Waals surface area contributed by atoms with Gasteiger partial charge in [-0.3, -0.25) is 4.68 Å². The molecule has 0 aliphatic carbocycles. The van der Waals surface area contributed by atoms with Crippen molar-refractivity contribution in [2.24, 2.45) is 0 Å². The summed E-state index contributed by atoms with van der Waals surface area (Å²) in [5.74, 6) is 0. The van der Waals surface area contributed by atoms with Crippen LogP contribution in [0.5, 0.6) is 0 Å². The molecule has 0 amide bonds. The summed E-state index contributed by atoms with van der Waals surface area (Å²) in [6, 6.07) is 1.97. The van der Waals surface area contributed by atoms with Crippen molar-refractivity contribution < 1.29 is 5.11 Å². The Balaban J connectivity index is 2.83. The summed E-state index contributed by atoms with van der Waals surface area (Å²) in [6.45, 7) is 5.24. The smallest absolute Gasteiger partial charge is 0.0645 e. The molecule has 0 saturated carbocycles. The van der Waals surface area contributed by atoms with E-state index in [0.717, 1.165) is 30.7 Å². The molecule has 0 radical (unpaired) electrons. The molecular formula is C11H18N2O. The lowest BCUT2D eigenvalue weighted by molar-refractivity contribution is 0.329. The van der Waals surface area contributed by atoms with E-state index in [9.17, 15) is 0 Å². The van der Waals surface area contributed by atoms with Crippen LogP contribution >= 0.6 is 0 Å². The molecule has 78 valence electrons. The van der Waals surface area contributed by atoms with Gasteiger partial charge in [-0.15, -0.1) is 0 Å². The van der Waals surface area contributed by atoms with Crippen LogP contribution in [-0.4, -0.2) is 21.5 Å². The Morgan fingerprint density at radius 2 is 2.36 bits per heavy atom. The van der Waals surface area contributed by atoms with Crippen molar-refractivity contribution in [1.82, 2.24) is 9.78 Å². The fourth-order valence-electron chi connectivity index (χ4n) is 1.33. The van der Waals surface area contributed by atoms with Crippen molar-refractivity contribution in [2.75, 3.05) is 6.61 Å². The van der Waals surface area contributed by atoms with E-state index >= 15 is 0 Å². The SMILES string of the molecule is CCCn1nccc1/C=C(/CC)CO. The van der Waals surface area contributed by atoms with Gasteiger partial charge in [-0.05, 0) is 30.6 Å². The summed E-state index contributed by atoms with van der Waals surface area (Å²) >= 11 is 0. The molecule has 14 heavy (non-hydrogen) atoms. The summed E-state index contributed by atoms with van der Waals surface area (Å²) in [5, 5.41) is 13.3. The Morgan fingerprint density at radius 3 is 2.93 bits per heavy atom. The zero-order valence-corrected chi connectivity index (χ0v) is 8.90. The molecule has 0 aliphatic heterocycles. The van der Waals surface area contributed by atoms with Crippen LogP contribution in [0.4, 0.5) is 0 Å². The zero-order valence-electron chi connectivity index (χ0n) is 8.90. The van der Waals surface area contributed by atoms with Crippen molar-refractivity contribution in [2.45, 2.75) is 33.2 Å². The molecule has 3 heteroatoms. The van der Waals surface area contributed by atoms with E-state index in [1.54, 1.807) is 6.20 Å². The fourth-order valence-corrected chi connectivity index (χ4v) is 1.33.